The first-order valence-electron chi connectivity index (χ1n) is 6.21. The molecule has 3 heteroatoms. The van der Waals surface area contributed by atoms with Gasteiger partial charge in [-0.15, -0.1) is 0 Å². The summed E-state index contributed by atoms with van der Waals surface area (Å²) in [5.74, 6) is -0.0214. The van der Waals surface area contributed by atoms with Gasteiger partial charge >= 0.3 is 5.97 Å². The normalized spacial score (nSPS) is 31.9. The molecule has 1 aromatic carbocycles. The van der Waals surface area contributed by atoms with Gasteiger partial charge in [0, 0.05) is 6.04 Å². The van der Waals surface area contributed by atoms with E-state index in [-0.39, 0.29) is 6.04 Å². The van der Waals surface area contributed by atoms with Gasteiger partial charge in [0.2, 0.25) is 0 Å². The van der Waals surface area contributed by atoms with E-state index >= 15 is 0 Å². The molecule has 0 aliphatic heterocycles. The average Bonchev–Trinajstić information content (AvgIpc) is 3.08. The smallest absolute Gasteiger partial charge is 0.314 e. The fourth-order valence-electron chi connectivity index (χ4n) is 2.86. The Bertz CT molecular complexity index is 442. The number of aliphatic carboxylic acids is 1. The van der Waals surface area contributed by atoms with E-state index in [0.29, 0.717) is 18.8 Å². The summed E-state index contributed by atoms with van der Waals surface area (Å²) >= 11 is 0. The number of hydrogen-bond acceptors (Lipinski definition) is 2. The van der Waals surface area contributed by atoms with Crippen molar-refractivity contribution in [2.45, 2.75) is 43.1 Å². The van der Waals surface area contributed by atoms with Crippen LogP contribution in [-0.2, 0) is 10.2 Å². The minimum atomic E-state index is -0.738. The first-order valence-corrected chi connectivity index (χ1v) is 6.21. The van der Waals surface area contributed by atoms with Gasteiger partial charge in [0.15, 0.2) is 0 Å². The molecule has 2 aliphatic carbocycles. The van der Waals surface area contributed by atoms with Gasteiger partial charge in [0.1, 0.15) is 0 Å². The molecule has 1 aromatic rings. The molecule has 3 N–H and O–H groups in total. The van der Waals surface area contributed by atoms with Crippen molar-refractivity contribution < 1.29 is 9.90 Å². The summed E-state index contributed by atoms with van der Waals surface area (Å²) in [5.41, 5.74) is 7.29. The summed E-state index contributed by atoms with van der Waals surface area (Å²) in [4.78, 5) is 11.4. The van der Waals surface area contributed by atoms with Crippen LogP contribution in [0.3, 0.4) is 0 Å². The highest BCUT2D eigenvalue weighted by atomic mass is 16.4. The third kappa shape index (κ3) is 1.65. The Morgan fingerprint density at radius 3 is 2.24 bits per heavy atom. The van der Waals surface area contributed by atoms with E-state index < -0.39 is 11.4 Å². The summed E-state index contributed by atoms with van der Waals surface area (Å²) in [5, 5.41) is 9.39. The van der Waals surface area contributed by atoms with Crippen molar-refractivity contribution in [1.29, 1.82) is 0 Å². The van der Waals surface area contributed by atoms with E-state index in [0.717, 1.165) is 5.56 Å². The van der Waals surface area contributed by atoms with Crippen LogP contribution in [0.1, 0.15) is 42.7 Å². The first-order chi connectivity index (χ1) is 8.12. The lowest BCUT2D eigenvalue weighted by Crippen LogP contribution is -2.54. The van der Waals surface area contributed by atoms with Crippen molar-refractivity contribution in [3.05, 3.63) is 35.4 Å². The molecule has 0 bridgehead atoms. The Kier molecular flexibility index (Phi) is 2.26. The van der Waals surface area contributed by atoms with E-state index in [4.69, 9.17) is 5.73 Å². The number of carboxylic acid groups (broad SMARTS) is 1. The molecule has 0 heterocycles. The van der Waals surface area contributed by atoms with Crippen LogP contribution in [0.4, 0.5) is 0 Å². The minimum absolute atomic E-state index is 0.0363. The SMILES string of the molecule is NC1CC(C(=O)O)(c2ccc(C3CC3)cc2)C1. The van der Waals surface area contributed by atoms with E-state index in [2.05, 4.69) is 12.1 Å². The third-order valence-electron chi connectivity index (χ3n) is 4.14. The topological polar surface area (TPSA) is 63.3 Å². The molecule has 0 atom stereocenters. The molecule has 0 amide bonds. The van der Waals surface area contributed by atoms with Crippen LogP contribution in [0.15, 0.2) is 24.3 Å². The van der Waals surface area contributed by atoms with Crippen LogP contribution in [0.2, 0.25) is 0 Å². The number of carboxylic acids is 1. The number of rotatable bonds is 3. The van der Waals surface area contributed by atoms with Crippen molar-refractivity contribution in [3.63, 3.8) is 0 Å². The fraction of sp³-hybridized carbons (Fsp3) is 0.500. The van der Waals surface area contributed by atoms with Crippen molar-refractivity contribution in [2.24, 2.45) is 5.73 Å². The molecular formula is C14H17NO2. The van der Waals surface area contributed by atoms with Crippen molar-refractivity contribution in [3.8, 4) is 0 Å². The largest absolute Gasteiger partial charge is 0.481 e. The standard InChI is InChI=1S/C14H17NO2/c15-12-7-14(8-12,13(16)17)11-5-3-10(4-6-11)9-1-2-9/h3-6,9,12H,1-2,7-8,15H2,(H,16,17). The highest BCUT2D eigenvalue weighted by molar-refractivity contribution is 5.83. The molecule has 17 heavy (non-hydrogen) atoms. The maximum absolute atomic E-state index is 11.4. The van der Waals surface area contributed by atoms with Gasteiger partial charge in [-0.3, -0.25) is 4.79 Å². The van der Waals surface area contributed by atoms with Gasteiger partial charge in [-0.1, -0.05) is 24.3 Å². The zero-order chi connectivity index (χ0) is 12.0. The van der Waals surface area contributed by atoms with Gasteiger partial charge in [0.25, 0.3) is 0 Å². The Balaban J connectivity index is 1.88. The molecule has 2 aliphatic rings. The van der Waals surface area contributed by atoms with Gasteiger partial charge in [-0.05, 0) is 42.7 Å². The highest BCUT2D eigenvalue weighted by Gasteiger charge is 2.50. The maximum atomic E-state index is 11.4. The van der Waals surface area contributed by atoms with E-state index in [1.54, 1.807) is 0 Å². The highest BCUT2D eigenvalue weighted by Crippen LogP contribution is 2.45. The third-order valence-corrected chi connectivity index (χ3v) is 4.14. The molecule has 0 spiro atoms. The van der Waals surface area contributed by atoms with Crippen LogP contribution < -0.4 is 5.73 Å². The second-order valence-corrected chi connectivity index (χ2v) is 5.45. The predicted molar refractivity (Wildman–Crippen MR) is 64.9 cm³/mol. The predicted octanol–water partition coefficient (Wildman–Crippen LogP) is 2.01. The van der Waals surface area contributed by atoms with Gasteiger partial charge in [-0.2, -0.15) is 0 Å². The summed E-state index contributed by atoms with van der Waals surface area (Å²) < 4.78 is 0. The van der Waals surface area contributed by atoms with Crippen molar-refractivity contribution in [1.82, 2.24) is 0 Å². The zero-order valence-corrected chi connectivity index (χ0v) is 9.73. The van der Waals surface area contributed by atoms with Crippen LogP contribution >= 0.6 is 0 Å². The molecular weight excluding hydrogens is 214 g/mol. The van der Waals surface area contributed by atoms with E-state index in [1.165, 1.54) is 18.4 Å². The van der Waals surface area contributed by atoms with Gasteiger partial charge < -0.3 is 10.8 Å². The van der Waals surface area contributed by atoms with Gasteiger partial charge in [0.05, 0.1) is 5.41 Å². The van der Waals surface area contributed by atoms with Crippen molar-refractivity contribution >= 4 is 5.97 Å². The van der Waals surface area contributed by atoms with Crippen LogP contribution in [0.5, 0.6) is 0 Å². The summed E-state index contributed by atoms with van der Waals surface area (Å²) in [6.45, 7) is 0. The lowest BCUT2D eigenvalue weighted by Gasteiger charge is -2.43. The molecule has 2 fully saturated rings. The lowest BCUT2D eigenvalue weighted by atomic mass is 9.62. The monoisotopic (exact) mass is 231 g/mol. The number of nitrogens with two attached hydrogens (primary N) is 1. The van der Waals surface area contributed by atoms with Crippen LogP contribution in [-0.4, -0.2) is 17.1 Å². The Hall–Kier alpha value is -1.35. The number of carbonyl (C=O) groups is 1. The average molecular weight is 231 g/mol. The molecule has 2 saturated carbocycles. The summed E-state index contributed by atoms with van der Waals surface area (Å²) in [6.07, 6.45) is 3.67. The fourth-order valence-corrected chi connectivity index (χ4v) is 2.86. The minimum Gasteiger partial charge on any atom is -0.481 e. The Morgan fingerprint density at radius 2 is 1.82 bits per heavy atom. The second kappa shape index (κ2) is 3.57. The molecule has 0 radical (unpaired) electrons. The van der Waals surface area contributed by atoms with E-state index in [1.807, 2.05) is 12.1 Å². The Labute approximate surface area is 101 Å². The molecule has 3 rings (SSSR count). The van der Waals surface area contributed by atoms with Crippen LogP contribution in [0.25, 0.3) is 0 Å². The van der Waals surface area contributed by atoms with Crippen molar-refractivity contribution in [2.75, 3.05) is 0 Å². The molecule has 90 valence electrons. The lowest BCUT2D eigenvalue weighted by molar-refractivity contribution is -0.148. The second-order valence-electron chi connectivity index (χ2n) is 5.45. The zero-order valence-electron chi connectivity index (χ0n) is 9.73. The number of hydrogen-bond donors (Lipinski definition) is 2. The molecule has 0 unspecified atom stereocenters. The maximum Gasteiger partial charge on any atom is 0.314 e. The Morgan fingerprint density at radius 1 is 1.24 bits per heavy atom. The molecule has 3 nitrogen and oxygen atoms in total. The summed E-state index contributed by atoms with van der Waals surface area (Å²) in [6, 6.07) is 8.17. The quantitative estimate of drug-likeness (QED) is 0.836. The molecule has 0 saturated heterocycles. The summed E-state index contributed by atoms with van der Waals surface area (Å²) in [7, 11) is 0. The molecule has 0 aromatic heterocycles. The first kappa shape index (κ1) is 10.8. The van der Waals surface area contributed by atoms with Gasteiger partial charge in [-0.25, -0.2) is 0 Å². The number of benzene rings is 1. The van der Waals surface area contributed by atoms with E-state index in [9.17, 15) is 9.90 Å². The van der Waals surface area contributed by atoms with Crippen LogP contribution in [0, 0.1) is 0 Å².